The zero-order valence-corrected chi connectivity index (χ0v) is 16.3. The topological polar surface area (TPSA) is 64.7 Å². The van der Waals surface area contributed by atoms with Crippen LogP contribution in [0.2, 0.25) is 0 Å². The molecule has 160 valence electrons. The zero-order chi connectivity index (χ0) is 21.6. The van der Waals surface area contributed by atoms with Gasteiger partial charge in [0.25, 0.3) is 0 Å². The van der Waals surface area contributed by atoms with Crippen molar-refractivity contribution in [2.75, 3.05) is 49.5 Å². The van der Waals surface area contributed by atoms with Crippen molar-refractivity contribution in [3.63, 3.8) is 0 Å². The highest BCUT2D eigenvalue weighted by molar-refractivity contribution is 6.39. The van der Waals surface area contributed by atoms with Crippen LogP contribution in [0.15, 0.2) is 54.6 Å². The standard InChI is InChI=1S/C21H23F3N4O2/c22-21(23,24)16-5-4-6-17(15-16)26-20(30)19(29)25-9-10-27-11-13-28(14-12-27)18-7-2-1-3-8-18/h1-8,15H,9-14H2,(H,25,29)(H,26,30). The van der Waals surface area contributed by atoms with E-state index in [1.807, 2.05) is 18.2 Å². The van der Waals surface area contributed by atoms with Crippen LogP contribution < -0.4 is 15.5 Å². The maximum atomic E-state index is 12.7. The van der Waals surface area contributed by atoms with E-state index in [9.17, 15) is 22.8 Å². The van der Waals surface area contributed by atoms with Crippen LogP contribution in [0.1, 0.15) is 5.56 Å². The lowest BCUT2D eigenvalue weighted by molar-refractivity contribution is -0.137. The van der Waals surface area contributed by atoms with E-state index in [0.717, 1.165) is 38.3 Å². The molecule has 6 nitrogen and oxygen atoms in total. The quantitative estimate of drug-likeness (QED) is 0.730. The predicted molar refractivity (Wildman–Crippen MR) is 108 cm³/mol. The van der Waals surface area contributed by atoms with Crippen LogP contribution in [-0.4, -0.2) is 56.0 Å². The molecule has 0 bridgehead atoms. The number of piperazine rings is 1. The van der Waals surface area contributed by atoms with Gasteiger partial charge in [-0.15, -0.1) is 0 Å². The predicted octanol–water partition coefficient (Wildman–Crippen LogP) is 2.58. The Morgan fingerprint density at radius 3 is 2.27 bits per heavy atom. The zero-order valence-electron chi connectivity index (χ0n) is 16.3. The molecule has 1 fully saturated rings. The molecule has 2 aromatic rings. The van der Waals surface area contributed by atoms with Gasteiger partial charge in [-0.1, -0.05) is 24.3 Å². The largest absolute Gasteiger partial charge is 0.416 e. The van der Waals surface area contributed by atoms with E-state index in [0.29, 0.717) is 6.54 Å². The summed E-state index contributed by atoms with van der Waals surface area (Å²) < 4.78 is 38.2. The second-order valence-corrected chi connectivity index (χ2v) is 6.95. The molecule has 0 aromatic heterocycles. The Hall–Kier alpha value is -3.07. The summed E-state index contributed by atoms with van der Waals surface area (Å²) in [5.74, 6) is -1.88. The molecule has 0 unspecified atom stereocenters. The minimum absolute atomic E-state index is 0.0815. The van der Waals surface area contributed by atoms with Gasteiger partial charge in [0.1, 0.15) is 0 Å². The third-order valence-electron chi connectivity index (χ3n) is 4.86. The molecule has 30 heavy (non-hydrogen) atoms. The number of amides is 2. The normalized spacial score (nSPS) is 15.0. The lowest BCUT2D eigenvalue weighted by Crippen LogP contribution is -2.49. The van der Waals surface area contributed by atoms with Gasteiger partial charge in [-0.25, -0.2) is 0 Å². The number of nitrogens with one attached hydrogen (secondary N) is 2. The average molecular weight is 420 g/mol. The minimum Gasteiger partial charge on any atom is -0.369 e. The summed E-state index contributed by atoms with van der Waals surface area (Å²) in [7, 11) is 0. The Morgan fingerprint density at radius 2 is 1.60 bits per heavy atom. The Morgan fingerprint density at radius 1 is 0.900 bits per heavy atom. The molecule has 2 aromatic carbocycles. The van der Waals surface area contributed by atoms with Crippen LogP contribution in [0, 0.1) is 0 Å². The number of nitrogens with zero attached hydrogens (tertiary/aromatic N) is 2. The summed E-state index contributed by atoms with van der Waals surface area (Å²) in [6.45, 7) is 4.27. The Bertz CT molecular complexity index is 866. The summed E-state index contributed by atoms with van der Waals surface area (Å²) in [6, 6.07) is 14.3. The monoisotopic (exact) mass is 420 g/mol. The van der Waals surface area contributed by atoms with Gasteiger partial charge in [-0.05, 0) is 30.3 Å². The number of rotatable bonds is 5. The van der Waals surface area contributed by atoms with E-state index in [1.54, 1.807) is 0 Å². The summed E-state index contributed by atoms with van der Waals surface area (Å²) in [5.41, 5.74) is 0.203. The molecule has 0 spiro atoms. The fraction of sp³-hybridized carbons (Fsp3) is 0.333. The van der Waals surface area contributed by atoms with Crippen LogP contribution in [-0.2, 0) is 15.8 Å². The van der Waals surface area contributed by atoms with E-state index in [2.05, 4.69) is 32.6 Å². The summed E-state index contributed by atoms with van der Waals surface area (Å²) in [5, 5.41) is 4.70. The molecule has 9 heteroatoms. The molecule has 1 heterocycles. The van der Waals surface area contributed by atoms with E-state index < -0.39 is 23.6 Å². The number of carbonyl (C=O) groups is 2. The van der Waals surface area contributed by atoms with Crippen LogP contribution >= 0.6 is 0 Å². The van der Waals surface area contributed by atoms with E-state index in [4.69, 9.17) is 0 Å². The molecule has 1 aliphatic rings. The van der Waals surface area contributed by atoms with Gasteiger partial charge in [0.15, 0.2) is 0 Å². The first-order valence-electron chi connectivity index (χ1n) is 9.62. The van der Waals surface area contributed by atoms with Crippen LogP contribution in [0.25, 0.3) is 0 Å². The SMILES string of the molecule is O=C(NCCN1CCN(c2ccccc2)CC1)C(=O)Nc1cccc(C(F)(F)F)c1. The van der Waals surface area contributed by atoms with Gasteiger partial charge in [0.2, 0.25) is 0 Å². The first-order chi connectivity index (χ1) is 14.3. The van der Waals surface area contributed by atoms with Crippen molar-refractivity contribution in [2.45, 2.75) is 6.18 Å². The van der Waals surface area contributed by atoms with Crippen molar-refractivity contribution in [1.29, 1.82) is 0 Å². The van der Waals surface area contributed by atoms with Crippen molar-refractivity contribution in [2.24, 2.45) is 0 Å². The number of alkyl halides is 3. The van der Waals surface area contributed by atoms with Gasteiger partial charge in [0.05, 0.1) is 5.56 Å². The number of anilines is 2. The number of hydrogen-bond acceptors (Lipinski definition) is 4. The lowest BCUT2D eigenvalue weighted by Gasteiger charge is -2.36. The van der Waals surface area contributed by atoms with E-state index in [-0.39, 0.29) is 12.2 Å². The Balaban J connectivity index is 1.39. The first kappa shape index (κ1) is 21.6. The smallest absolute Gasteiger partial charge is 0.369 e. The van der Waals surface area contributed by atoms with Crippen LogP contribution in [0.4, 0.5) is 24.5 Å². The van der Waals surface area contributed by atoms with Crippen molar-refractivity contribution >= 4 is 23.2 Å². The van der Waals surface area contributed by atoms with E-state index in [1.165, 1.54) is 17.8 Å². The minimum atomic E-state index is -4.52. The number of benzene rings is 2. The van der Waals surface area contributed by atoms with Crippen LogP contribution in [0.3, 0.4) is 0 Å². The molecular formula is C21H23F3N4O2. The summed E-state index contributed by atoms with van der Waals surface area (Å²) in [4.78, 5) is 28.3. The number of halogens is 3. The third-order valence-corrected chi connectivity index (χ3v) is 4.86. The molecule has 0 saturated carbocycles. The second kappa shape index (κ2) is 9.62. The third kappa shape index (κ3) is 5.96. The van der Waals surface area contributed by atoms with Crippen LogP contribution in [0.5, 0.6) is 0 Å². The highest BCUT2D eigenvalue weighted by Gasteiger charge is 2.30. The second-order valence-electron chi connectivity index (χ2n) is 6.95. The number of hydrogen-bond donors (Lipinski definition) is 2. The van der Waals surface area contributed by atoms with Crippen molar-refractivity contribution in [3.05, 3.63) is 60.2 Å². The van der Waals surface area contributed by atoms with Gasteiger partial charge in [-0.2, -0.15) is 13.2 Å². The summed E-state index contributed by atoms with van der Waals surface area (Å²) in [6.07, 6.45) is -4.52. The molecular weight excluding hydrogens is 397 g/mol. The molecule has 2 N–H and O–H groups in total. The molecule has 0 atom stereocenters. The maximum Gasteiger partial charge on any atom is 0.416 e. The molecule has 2 amide bonds. The Labute approximate surface area is 172 Å². The average Bonchev–Trinajstić information content (AvgIpc) is 2.74. The van der Waals surface area contributed by atoms with E-state index >= 15 is 0 Å². The van der Waals surface area contributed by atoms with Crippen molar-refractivity contribution in [3.8, 4) is 0 Å². The lowest BCUT2D eigenvalue weighted by atomic mass is 10.2. The molecule has 0 aliphatic carbocycles. The molecule has 1 aliphatic heterocycles. The molecule has 0 radical (unpaired) electrons. The van der Waals surface area contributed by atoms with Crippen molar-refractivity contribution < 1.29 is 22.8 Å². The van der Waals surface area contributed by atoms with Crippen molar-refractivity contribution in [1.82, 2.24) is 10.2 Å². The fourth-order valence-corrected chi connectivity index (χ4v) is 3.24. The fourth-order valence-electron chi connectivity index (χ4n) is 3.24. The highest BCUT2D eigenvalue weighted by Crippen LogP contribution is 2.30. The molecule has 1 saturated heterocycles. The van der Waals surface area contributed by atoms with Gasteiger partial charge < -0.3 is 15.5 Å². The molecule has 3 rings (SSSR count). The first-order valence-corrected chi connectivity index (χ1v) is 9.62. The maximum absolute atomic E-state index is 12.7. The van der Waals surface area contributed by atoms with Gasteiger partial charge >= 0.3 is 18.0 Å². The van der Waals surface area contributed by atoms with Gasteiger partial charge in [0, 0.05) is 50.6 Å². The summed E-state index contributed by atoms with van der Waals surface area (Å²) >= 11 is 0. The Kier molecular flexibility index (Phi) is 6.94. The number of para-hydroxylation sites is 1. The van der Waals surface area contributed by atoms with Gasteiger partial charge in [-0.3, -0.25) is 14.5 Å². The number of carbonyl (C=O) groups excluding carboxylic acids is 2. The highest BCUT2D eigenvalue weighted by atomic mass is 19.4.